The van der Waals surface area contributed by atoms with Gasteiger partial charge in [0.25, 0.3) is 0 Å². The first-order valence-electron chi connectivity index (χ1n) is 7.14. The molecule has 2 aromatic carbocycles. The number of anilines is 1. The van der Waals surface area contributed by atoms with Crippen molar-refractivity contribution in [3.63, 3.8) is 0 Å². The van der Waals surface area contributed by atoms with Gasteiger partial charge in [-0.05, 0) is 34.2 Å². The number of aromatic nitrogens is 4. The lowest BCUT2D eigenvalue weighted by Crippen LogP contribution is -2.06. The smallest absolute Gasteiger partial charge is 0.242 e. The third-order valence-corrected chi connectivity index (χ3v) is 3.32. The molecule has 118 valence electrons. The highest BCUT2D eigenvalue weighted by Crippen LogP contribution is 2.17. The van der Waals surface area contributed by atoms with Crippen molar-refractivity contribution in [1.82, 2.24) is 20.2 Å². The van der Waals surface area contributed by atoms with E-state index in [1.165, 1.54) is 6.07 Å². The van der Waals surface area contributed by atoms with Crippen LogP contribution in [0.3, 0.4) is 0 Å². The van der Waals surface area contributed by atoms with E-state index in [2.05, 4.69) is 20.8 Å². The topological polar surface area (TPSA) is 64.9 Å². The summed E-state index contributed by atoms with van der Waals surface area (Å²) >= 11 is 0. The molecule has 0 atom stereocenters. The molecule has 0 amide bonds. The molecule has 0 spiro atoms. The molecule has 0 aliphatic carbocycles. The molecule has 7 heteroatoms. The molecule has 0 saturated heterocycles. The number of rotatable bonds is 6. The van der Waals surface area contributed by atoms with Crippen LogP contribution in [0.25, 0.3) is 0 Å². The van der Waals surface area contributed by atoms with E-state index >= 15 is 0 Å². The SMILES string of the molecule is Cn1nnnc1NCc1cccc(OCc2ccccc2F)c1. The highest BCUT2D eigenvalue weighted by Gasteiger charge is 2.04. The number of halogens is 1. The van der Waals surface area contributed by atoms with E-state index in [0.717, 1.165) is 5.56 Å². The number of tetrazole rings is 1. The summed E-state index contributed by atoms with van der Waals surface area (Å²) in [6.45, 7) is 0.752. The second kappa shape index (κ2) is 6.87. The molecular weight excluding hydrogens is 297 g/mol. The van der Waals surface area contributed by atoms with Gasteiger partial charge in [0, 0.05) is 19.2 Å². The number of aryl methyl sites for hydroxylation is 1. The maximum Gasteiger partial charge on any atom is 0.242 e. The van der Waals surface area contributed by atoms with Crippen molar-refractivity contribution in [1.29, 1.82) is 0 Å². The fraction of sp³-hybridized carbons (Fsp3) is 0.188. The zero-order chi connectivity index (χ0) is 16.1. The number of hydrogen-bond acceptors (Lipinski definition) is 5. The Hall–Kier alpha value is -2.96. The van der Waals surface area contributed by atoms with Crippen molar-refractivity contribution in [3.8, 4) is 5.75 Å². The van der Waals surface area contributed by atoms with E-state index in [1.54, 1.807) is 29.9 Å². The van der Waals surface area contributed by atoms with Gasteiger partial charge in [0.15, 0.2) is 0 Å². The van der Waals surface area contributed by atoms with Gasteiger partial charge < -0.3 is 10.1 Å². The first-order chi connectivity index (χ1) is 11.2. The maximum absolute atomic E-state index is 13.6. The van der Waals surface area contributed by atoms with Gasteiger partial charge in [0.1, 0.15) is 18.2 Å². The summed E-state index contributed by atoms with van der Waals surface area (Å²) in [5, 5.41) is 14.3. The molecule has 0 aliphatic heterocycles. The van der Waals surface area contributed by atoms with Gasteiger partial charge in [0.2, 0.25) is 5.95 Å². The quantitative estimate of drug-likeness (QED) is 0.757. The highest BCUT2D eigenvalue weighted by atomic mass is 19.1. The van der Waals surface area contributed by atoms with Gasteiger partial charge in [-0.2, -0.15) is 0 Å². The predicted molar refractivity (Wildman–Crippen MR) is 83.3 cm³/mol. The Morgan fingerprint density at radius 3 is 2.83 bits per heavy atom. The maximum atomic E-state index is 13.6. The normalized spacial score (nSPS) is 10.5. The first kappa shape index (κ1) is 15.0. The third kappa shape index (κ3) is 3.82. The van der Waals surface area contributed by atoms with Gasteiger partial charge >= 0.3 is 0 Å². The summed E-state index contributed by atoms with van der Waals surface area (Å²) in [6.07, 6.45) is 0. The molecular formula is C16H16FN5O. The lowest BCUT2D eigenvalue weighted by molar-refractivity contribution is 0.299. The average Bonchev–Trinajstić information content (AvgIpc) is 2.98. The van der Waals surface area contributed by atoms with E-state index in [-0.39, 0.29) is 12.4 Å². The molecule has 3 rings (SSSR count). The average molecular weight is 313 g/mol. The van der Waals surface area contributed by atoms with E-state index in [0.29, 0.717) is 23.8 Å². The molecule has 6 nitrogen and oxygen atoms in total. The van der Waals surface area contributed by atoms with E-state index in [9.17, 15) is 4.39 Å². The van der Waals surface area contributed by atoms with Gasteiger partial charge in [-0.3, -0.25) is 0 Å². The fourth-order valence-corrected chi connectivity index (χ4v) is 2.08. The summed E-state index contributed by atoms with van der Waals surface area (Å²) < 4.78 is 20.8. The van der Waals surface area contributed by atoms with Crippen LogP contribution in [-0.4, -0.2) is 20.2 Å². The van der Waals surface area contributed by atoms with Crippen LogP contribution < -0.4 is 10.1 Å². The zero-order valence-electron chi connectivity index (χ0n) is 12.6. The molecule has 0 unspecified atom stereocenters. The number of hydrogen-bond donors (Lipinski definition) is 1. The van der Waals surface area contributed by atoms with Crippen molar-refractivity contribution >= 4 is 5.95 Å². The monoisotopic (exact) mass is 313 g/mol. The predicted octanol–water partition coefficient (Wildman–Crippen LogP) is 2.54. The third-order valence-electron chi connectivity index (χ3n) is 3.32. The van der Waals surface area contributed by atoms with Gasteiger partial charge in [-0.15, -0.1) is 0 Å². The summed E-state index contributed by atoms with van der Waals surface area (Å²) in [7, 11) is 1.76. The minimum atomic E-state index is -0.264. The van der Waals surface area contributed by atoms with Crippen molar-refractivity contribution in [2.75, 3.05) is 5.32 Å². The Balaban J connectivity index is 1.61. The van der Waals surface area contributed by atoms with E-state index in [4.69, 9.17) is 4.74 Å². The largest absolute Gasteiger partial charge is 0.489 e. The lowest BCUT2D eigenvalue weighted by Gasteiger charge is -2.09. The van der Waals surface area contributed by atoms with Crippen molar-refractivity contribution in [2.24, 2.45) is 7.05 Å². The van der Waals surface area contributed by atoms with Crippen LogP contribution in [0, 0.1) is 5.82 Å². The number of nitrogens with zero attached hydrogens (tertiary/aromatic N) is 4. The Morgan fingerprint density at radius 2 is 2.04 bits per heavy atom. The molecule has 23 heavy (non-hydrogen) atoms. The Bertz CT molecular complexity index is 789. The molecule has 0 fully saturated rings. The zero-order valence-corrected chi connectivity index (χ0v) is 12.6. The van der Waals surface area contributed by atoms with E-state index in [1.807, 2.05) is 24.3 Å². The summed E-state index contributed by atoms with van der Waals surface area (Å²) in [6, 6.07) is 14.2. The van der Waals surface area contributed by atoms with Crippen LogP contribution in [0.2, 0.25) is 0 Å². The molecule has 1 aromatic heterocycles. The molecule has 3 aromatic rings. The summed E-state index contributed by atoms with van der Waals surface area (Å²) in [5.74, 6) is 1.01. The van der Waals surface area contributed by atoms with E-state index < -0.39 is 0 Å². The molecule has 1 N–H and O–H groups in total. The Labute approximate surface area is 132 Å². The van der Waals surface area contributed by atoms with Crippen molar-refractivity contribution < 1.29 is 9.13 Å². The van der Waals surface area contributed by atoms with Crippen molar-refractivity contribution in [2.45, 2.75) is 13.2 Å². The van der Waals surface area contributed by atoms with Crippen LogP contribution >= 0.6 is 0 Å². The summed E-state index contributed by atoms with van der Waals surface area (Å²) in [4.78, 5) is 0. The van der Waals surface area contributed by atoms with Gasteiger partial charge in [-0.1, -0.05) is 35.4 Å². The Morgan fingerprint density at radius 1 is 1.17 bits per heavy atom. The minimum absolute atomic E-state index is 0.191. The second-order valence-corrected chi connectivity index (χ2v) is 5.01. The Kier molecular flexibility index (Phi) is 4.46. The summed E-state index contributed by atoms with van der Waals surface area (Å²) in [5.41, 5.74) is 1.54. The number of benzene rings is 2. The highest BCUT2D eigenvalue weighted by molar-refractivity contribution is 5.32. The van der Waals surface area contributed by atoms with Gasteiger partial charge in [-0.25, -0.2) is 9.07 Å². The standard InChI is InChI=1S/C16H16FN5O/c1-22-16(19-20-21-22)18-10-12-5-4-7-14(9-12)23-11-13-6-2-3-8-15(13)17/h2-9H,10-11H2,1H3,(H,18,19,21). The second-order valence-electron chi connectivity index (χ2n) is 5.01. The number of ether oxygens (including phenoxy) is 1. The molecule has 0 aliphatic rings. The van der Waals surface area contributed by atoms with Crippen LogP contribution in [0.15, 0.2) is 48.5 Å². The number of nitrogens with one attached hydrogen (secondary N) is 1. The molecule has 0 radical (unpaired) electrons. The fourth-order valence-electron chi connectivity index (χ4n) is 2.08. The van der Waals surface area contributed by atoms with Crippen LogP contribution in [-0.2, 0) is 20.2 Å². The molecule has 1 heterocycles. The van der Waals surface area contributed by atoms with Crippen LogP contribution in [0.4, 0.5) is 10.3 Å². The van der Waals surface area contributed by atoms with Gasteiger partial charge in [0.05, 0.1) is 0 Å². The molecule has 0 saturated carbocycles. The minimum Gasteiger partial charge on any atom is -0.489 e. The molecule has 0 bridgehead atoms. The lowest BCUT2D eigenvalue weighted by atomic mass is 10.2. The van der Waals surface area contributed by atoms with Crippen LogP contribution in [0.1, 0.15) is 11.1 Å². The van der Waals surface area contributed by atoms with Crippen molar-refractivity contribution in [3.05, 3.63) is 65.5 Å². The van der Waals surface area contributed by atoms with Crippen LogP contribution in [0.5, 0.6) is 5.75 Å². The first-order valence-corrected chi connectivity index (χ1v) is 7.14.